The van der Waals surface area contributed by atoms with Crippen molar-refractivity contribution < 1.29 is 19.5 Å². The third-order valence-corrected chi connectivity index (χ3v) is 0.762. The summed E-state index contributed by atoms with van der Waals surface area (Å²) in [5.74, 6) is 0. The van der Waals surface area contributed by atoms with Crippen molar-refractivity contribution in [3.05, 3.63) is 13.3 Å². The molecule has 0 radical (unpaired) electrons. The maximum absolute atomic E-state index is 7.94. The van der Waals surface area contributed by atoms with Crippen LogP contribution in [-0.4, -0.2) is 0 Å². The van der Waals surface area contributed by atoms with Crippen molar-refractivity contribution >= 4 is 0 Å². The molecule has 0 aromatic rings. The van der Waals surface area contributed by atoms with Crippen molar-refractivity contribution in [1.29, 1.82) is 0 Å². The van der Waals surface area contributed by atoms with E-state index in [1.54, 1.807) is 0 Å². The fraction of sp³-hybridized carbons (Fsp3) is 0.750. The topological polar surface area (TPSA) is 17.1 Å². The molecule has 1 nitrogen and oxygen atoms in total. The second kappa shape index (κ2) is 34.6. The number of rotatable bonds is 2. The molecule has 0 aromatic carbocycles. The number of hydrogen-bond donors (Lipinski definition) is 0. The Balaban J connectivity index is -0.0000000787. The Kier molecular flexibility index (Phi) is 57.9. The van der Waals surface area contributed by atoms with E-state index in [0.29, 0.717) is 0 Å². The zero-order chi connectivity index (χ0) is 8.83. The summed E-state index contributed by atoms with van der Waals surface area (Å²) >= 11 is 2.31. The number of unbranched alkanes of at least 4 members (excludes halogenated alkanes) is 2. The number of hydrogen-bond acceptors (Lipinski definition) is 1. The second-order valence-electron chi connectivity index (χ2n) is 1.67. The van der Waals surface area contributed by atoms with E-state index in [0.717, 1.165) is 6.42 Å². The summed E-state index contributed by atoms with van der Waals surface area (Å²) in [6, 6.07) is 0. The van der Waals surface area contributed by atoms with Crippen LogP contribution < -0.4 is 0 Å². The molecule has 0 atom stereocenters. The van der Waals surface area contributed by atoms with Gasteiger partial charge in [0.2, 0.25) is 0 Å². The van der Waals surface area contributed by atoms with Crippen molar-refractivity contribution in [2.45, 2.75) is 40.0 Å². The van der Waals surface area contributed by atoms with Gasteiger partial charge in [-0.25, -0.2) is 0 Å². The SMILES string of the molecule is C[CH-]CC.[CH2-]CCC.[O]=[Co]. The predicted molar refractivity (Wildman–Crippen MR) is 41.2 cm³/mol. The Labute approximate surface area is 73.4 Å². The van der Waals surface area contributed by atoms with Gasteiger partial charge >= 0.3 is 19.5 Å². The first-order valence-electron chi connectivity index (χ1n) is 3.54. The van der Waals surface area contributed by atoms with Crippen LogP contribution in [0.3, 0.4) is 0 Å². The predicted octanol–water partition coefficient (Wildman–Crippen LogP) is 3.12. The Bertz CT molecular complexity index is 24.4. The molecule has 0 saturated heterocycles. The van der Waals surface area contributed by atoms with Crippen LogP contribution >= 0.6 is 0 Å². The van der Waals surface area contributed by atoms with Gasteiger partial charge in [-0.15, -0.1) is 0 Å². The third kappa shape index (κ3) is 83.4. The molecule has 0 bridgehead atoms. The summed E-state index contributed by atoms with van der Waals surface area (Å²) in [5.41, 5.74) is 0. The maximum atomic E-state index is 7.94. The molecule has 0 fully saturated rings. The fourth-order valence-corrected chi connectivity index (χ4v) is 0. The van der Waals surface area contributed by atoms with Crippen LogP contribution in [0.4, 0.5) is 0 Å². The fourth-order valence-electron chi connectivity index (χ4n) is 0. The van der Waals surface area contributed by atoms with Crippen LogP contribution in [0.5, 0.6) is 0 Å². The van der Waals surface area contributed by atoms with Crippen molar-refractivity contribution in [2.75, 3.05) is 0 Å². The molecule has 0 aromatic heterocycles. The average Bonchev–Trinajstić information content (AvgIpc) is 2.08. The normalized spacial score (nSPS) is 6.50. The summed E-state index contributed by atoms with van der Waals surface area (Å²) in [5, 5.41) is 0. The van der Waals surface area contributed by atoms with Gasteiger partial charge in [-0.3, -0.25) is 0 Å². The summed E-state index contributed by atoms with van der Waals surface area (Å²) in [6.07, 6.45) is 5.60. The molecule has 0 aliphatic rings. The molecule has 0 amide bonds. The van der Waals surface area contributed by atoms with E-state index in [4.69, 9.17) is 3.87 Å². The van der Waals surface area contributed by atoms with Gasteiger partial charge in [0.15, 0.2) is 0 Å². The zero-order valence-corrected chi connectivity index (χ0v) is 8.19. The zero-order valence-electron chi connectivity index (χ0n) is 7.15. The Morgan fingerprint density at radius 1 is 1.40 bits per heavy atom. The van der Waals surface area contributed by atoms with Crippen LogP contribution in [0.25, 0.3) is 0 Å². The van der Waals surface area contributed by atoms with Crippen LogP contribution in [0.2, 0.25) is 0 Å². The summed E-state index contributed by atoms with van der Waals surface area (Å²) in [4.78, 5) is 0. The van der Waals surface area contributed by atoms with Crippen molar-refractivity contribution in [2.24, 2.45) is 0 Å². The van der Waals surface area contributed by atoms with Crippen molar-refractivity contribution in [1.82, 2.24) is 0 Å². The molecule has 0 aliphatic heterocycles. The van der Waals surface area contributed by atoms with E-state index in [9.17, 15) is 0 Å². The van der Waals surface area contributed by atoms with E-state index >= 15 is 0 Å². The van der Waals surface area contributed by atoms with Crippen molar-refractivity contribution in [3.8, 4) is 0 Å². The van der Waals surface area contributed by atoms with E-state index in [-0.39, 0.29) is 0 Å². The van der Waals surface area contributed by atoms with E-state index in [2.05, 4.69) is 49.8 Å². The molecule has 10 heavy (non-hydrogen) atoms. The molecule has 0 unspecified atom stereocenters. The van der Waals surface area contributed by atoms with E-state index < -0.39 is 0 Å². The van der Waals surface area contributed by atoms with Crippen LogP contribution in [-0.2, 0) is 19.5 Å². The molecule has 0 heterocycles. The quantitative estimate of drug-likeness (QED) is 0.610. The molecule has 0 aliphatic carbocycles. The minimum atomic E-state index is 1.07. The average molecular weight is 189 g/mol. The molecule has 0 saturated carbocycles. The van der Waals surface area contributed by atoms with Crippen LogP contribution in [0, 0.1) is 13.3 Å². The monoisotopic (exact) mass is 189 g/mol. The molecular weight excluding hydrogens is 171 g/mol. The Morgan fingerprint density at radius 2 is 1.60 bits per heavy atom. The van der Waals surface area contributed by atoms with E-state index in [1.165, 1.54) is 12.8 Å². The molecule has 67 valence electrons. The van der Waals surface area contributed by atoms with Gasteiger partial charge in [0.1, 0.15) is 0 Å². The Hall–Kier alpha value is 0.306. The standard InChI is InChI=1S/2C4H9.Co.O/c2*1-3-4-2;;/h3H,4H2,1-2H3;1,3-4H2,2H3;;/q2*-1;;. The third-order valence-electron chi connectivity index (χ3n) is 0.762. The summed E-state index contributed by atoms with van der Waals surface area (Å²) < 4.78 is 7.94. The van der Waals surface area contributed by atoms with Gasteiger partial charge < -0.3 is 13.3 Å². The van der Waals surface area contributed by atoms with Crippen LogP contribution in [0.15, 0.2) is 0 Å². The molecule has 0 N–H and O–H groups in total. The minimum absolute atomic E-state index is 1.07. The van der Waals surface area contributed by atoms with Gasteiger partial charge in [0, 0.05) is 0 Å². The summed E-state index contributed by atoms with van der Waals surface area (Å²) in [6.45, 7) is 9.90. The first kappa shape index (κ1) is 16.7. The molecular formula is C8H18CoO-2. The van der Waals surface area contributed by atoms with Crippen LogP contribution in [0.1, 0.15) is 40.0 Å². The first-order valence-corrected chi connectivity index (χ1v) is 3.96. The van der Waals surface area contributed by atoms with Gasteiger partial charge in [-0.2, -0.15) is 19.8 Å². The Morgan fingerprint density at radius 3 is 1.60 bits per heavy atom. The van der Waals surface area contributed by atoms with Crippen molar-refractivity contribution in [3.63, 3.8) is 0 Å². The first-order chi connectivity index (χ1) is 4.83. The molecule has 0 rings (SSSR count). The van der Waals surface area contributed by atoms with E-state index in [1.807, 2.05) is 0 Å². The molecule has 2 heteroatoms. The summed E-state index contributed by atoms with van der Waals surface area (Å²) in [7, 11) is 0. The second-order valence-corrected chi connectivity index (χ2v) is 1.67. The van der Waals surface area contributed by atoms with Gasteiger partial charge in [-0.1, -0.05) is 20.3 Å². The van der Waals surface area contributed by atoms with Gasteiger partial charge in [0.05, 0.1) is 0 Å². The van der Waals surface area contributed by atoms with Gasteiger partial charge in [0.25, 0.3) is 0 Å². The molecule has 0 spiro atoms. The van der Waals surface area contributed by atoms with Gasteiger partial charge in [-0.05, 0) is 0 Å².